The third kappa shape index (κ3) is 4.23. The second-order valence-corrected chi connectivity index (χ2v) is 5.82. The molecule has 1 unspecified atom stereocenters. The molecule has 0 saturated heterocycles. The third-order valence-electron chi connectivity index (χ3n) is 2.78. The zero-order chi connectivity index (χ0) is 14.5. The van der Waals surface area contributed by atoms with Crippen molar-refractivity contribution in [3.63, 3.8) is 0 Å². The van der Waals surface area contributed by atoms with E-state index in [2.05, 4.69) is 27.9 Å². The number of rotatable bonds is 4. The Hall–Kier alpha value is -1.56. The summed E-state index contributed by atoms with van der Waals surface area (Å²) >= 11 is 2.22. The molecule has 0 aliphatic carbocycles. The summed E-state index contributed by atoms with van der Waals surface area (Å²) in [6, 6.07) is 15.3. The van der Waals surface area contributed by atoms with Crippen LogP contribution in [0.3, 0.4) is 0 Å². The van der Waals surface area contributed by atoms with Crippen molar-refractivity contribution in [3.8, 4) is 5.75 Å². The van der Waals surface area contributed by atoms with Gasteiger partial charge in [0, 0.05) is 9.26 Å². The number of aryl methyl sites for hydroxylation is 1. The van der Waals surface area contributed by atoms with Crippen LogP contribution in [0, 0.1) is 10.5 Å². The van der Waals surface area contributed by atoms with Crippen LogP contribution in [0.1, 0.15) is 12.5 Å². The first-order valence-electron chi connectivity index (χ1n) is 6.34. The molecule has 0 spiro atoms. The quantitative estimate of drug-likeness (QED) is 0.813. The number of ether oxygens (including phenoxy) is 1. The highest BCUT2D eigenvalue weighted by Gasteiger charge is 2.14. The Morgan fingerprint density at radius 2 is 1.90 bits per heavy atom. The number of nitrogens with one attached hydrogen (secondary N) is 1. The zero-order valence-electron chi connectivity index (χ0n) is 11.4. The molecule has 0 radical (unpaired) electrons. The number of amides is 1. The van der Waals surface area contributed by atoms with Crippen LogP contribution in [0.2, 0.25) is 0 Å². The summed E-state index contributed by atoms with van der Waals surface area (Å²) in [7, 11) is 0. The minimum Gasteiger partial charge on any atom is -0.481 e. The van der Waals surface area contributed by atoms with Gasteiger partial charge < -0.3 is 10.1 Å². The van der Waals surface area contributed by atoms with E-state index in [-0.39, 0.29) is 5.91 Å². The molecule has 2 aromatic rings. The third-order valence-corrected chi connectivity index (χ3v) is 3.50. The molecule has 0 aliphatic heterocycles. The number of carbonyl (C=O) groups excluding carboxylic acids is 1. The SMILES string of the molecule is Cc1cccc(OC(C)C(=O)Nc2ccc(I)cc2)c1. The average molecular weight is 381 g/mol. The van der Waals surface area contributed by atoms with Gasteiger partial charge in [-0.3, -0.25) is 4.79 Å². The highest BCUT2D eigenvalue weighted by atomic mass is 127. The molecule has 1 amide bonds. The Balaban J connectivity index is 1.96. The summed E-state index contributed by atoms with van der Waals surface area (Å²) in [5.74, 6) is 0.544. The van der Waals surface area contributed by atoms with Crippen molar-refractivity contribution < 1.29 is 9.53 Å². The minimum absolute atomic E-state index is 0.160. The standard InChI is InChI=1S/C16H16INO2/c1-11-4-3-5-15(10-11)20-12(2)16(19)18-14-8-6-13(17)7-9-14/h3-10,12H,1-2H3,(H,18,19). The van der Waals surface area contributed by atoms with E-state index >= 15 is 0 Å². The molecule has 0 heterocycles. The van der Waals surface area contributed by atoms with E-state index in [0.717, 1.165) is 14.8 Å². The first-order valence-corrected chi connectivity index (χ1v) is 7.42. The van der Waals surface area contributed by atoms with E-state index in [0.29, 0.717) is 5.75 Å². The smallest absolute Gasteiger partial charge is 0.265 e. The Morgan fingerprint density at radius 1 is 1.20 bits per heavy atom. The van der Waals surface area contributed by atoms with E-state index in [1.807, 2.05) is 55.5 Å². The summed E-state index contributed by atoms with van der Waals surface area (Å²) in [6.07, 6.45) is -0.545. The van der Waals surface area contributed by atoms with Gasteiger partial charge in [0.2, 0.25) is 0 Å². The molecule has 2 aromatic carbocycles. The fraction of sp³-hybridized carbons (Fsp3) is 0.188. The molecule has 1 N–H and O–H groups in total. The molecule has 0 aliphatic rings. The Labute approximate surface area is 132 Å². The lowest BCUT2D eigenvalue weighted by Crippen LogP contribution is -2.30. The molecule has 0 fully saturated rings. The monoisotopic (exact) mass is 381 g/mol. The van der Waals surface area contributed by atoms with Crippen molar-refractivity contribution in [2.75, 3.05) is 5.32 Å². The lowest BCUT2D eigenvalue weighted by Gasteiger charge is -2.15. The number of benzene rings is 2. The maximum Gasteiger partial charge on any atom is 0.265 e. The number of carbonyl (C=O) groups is 1. The van der Waals surface area contributed by atoms with Crippen LogP contribution in [0.15, 0.2) is 48.5 Å². The van der Waals surface area contributed by atoms with Crippen LogP contribution in [-0.2, 0) is 4.79 Å². The minimum atomic E-state index is -0.545. The van der Waals surface area contributed by atoms with Crippen LogP contribution in [0.5, 0.6) is 5.75 Å². The van der Waals surface area contributed by atoms with Gasteiger partial charge in [-0.2, -0.15) is 0 Å². The van der Waals surface area contributed by atoms with E-state index in [9.17, 15) is 4.79 Å². The summed E-state index contributed by atoms with van der Waals surface area (Å²) in [5.41, 5.74) is 1.88. The lowest BCUT2D eigenvalue weighted by atomic mass is 10.2. The first kappa shape index (κ1) is 14.8. The van der Waals surface area contributed by atoms with Gasteiger partial charge >= 0.3 is 0 Å². The summed E-state index contributed by atoms with van der Waals surface area (Å²) < 4.78 is 6.77. The molecular formula is C16H16INO2. The van der Waals surface area contributed by atoms with Crippen molar-refractivity contribution in [1.82, 2.24) is 0 Å². The van der Waals surface area contributed by atoms with Gasteiger partial charge in [-0.1, -0.05) is 12.1 Å². The van der Waals surface area contributed by atoms with E-state index in [1.165, 1.54) is 0 Å². The fourth-order valence-electron chi connectivity index (χ4n) is 1.72. The van der Waals surface area contributed by atoms with E-state index < -0.39 is 6.10 Å². The van der Waals surface area contributed by atoms with Crippen molar-refractivity contribution in [2.24, 2.45) is 0 Å². The Bertz CT molecular complexity index is 596. The second-order valence-electron chi connectivity index (χ2n) is 4.57. The second kappa shape index (κ2) is 6.74. The molecule has 20 heavy (non-hydrogen) atoms. The maximum atomic E-state index is 12.0. The molecule has 104 valence electrons. The van der Waals surface area contributed by atoms with Gasteiger partial charge in [0.05, 0.1) is 0 Å². The molecule has 2 rings (SSSR count). The first-order chi connectivity index (χ1) is 9.54. The molecule has 0 saturated carbocycles. The van der Waals surface area contributed by atoms with Gasteiger partial charge in [-0.15, -0.1) is 0 Å². The number of hydrogen-bond acceptors (Lipinski definition) is 2. The van der Waals surface area contributed by atoms with Gasteiger partial charge in [-0.25, -0.2) is 0 Å². The predicted molar refractivity (Wildman–Crippen MR) is 89.1 cm³/mol. The maximum absolute atomic E-state index is 12.0. The zero-order valence-corrected chi connectivity index (χ0v) is 13.5. The summed E-state index contributed by atoms with van der Waals surface area (Å²) in [4.78, 5) is 12.0. The van der Waals surface area contributed by atoms with Crippen LogP contribution >= 0.6 is 22.6 Å². The van der Waals surface area contributed by atoms with Crippen molar-refractivity contribution in [1.29, 1.82) is 0 Å². The summed E-state index contributed by atoms with van der Waals surface area (Å²) in [5, 5.41) is 2.84. The molecule has 4 heteroatoms. The molecule has 0 aromatic heterocycles. The number of anilines is 1. The Morgan fingerprint density at radius 3 is 2.55 bits per heavy atom. The molecule has 1 atom stereocenters. The highest BCUT2D eigenvalue weighted by molar-refractivity contribution is 14.1. The van der Waals surface area contributed by atoms with E-state index in [1.54, 1.807) is 6.92 Å². The number of hydrogen-bond donors (Lipinski definition) is 1. The number of halogens is 1. The summed E-state index contributed by atoms with van der Waals surface area (Å²) in [6.45, 7) is 3.73. The largest absolute Gasteiger partial charge is 0.481 e. The van der Waals surface area contributed by atoms with Crippen LogP contribution in [0.25, 0.3) is 0 Å². The predicted octanol–water partition coefficient (Wildman–Crippen LogP) is 4.01. The lowest BCUT2D eigenvalue weighted by molar-refractivity contribution is -0.122. The average Bonchev–Trinajstić information content (AvgIpc) is 2.41. The van der Waals surface area contributed by atoms with Crippen molar-refractivity contribution in [3.05, 3.63) is 57.7 Å². The highest BCUT2D eigenvalue weighted by Crippen LogP contribution is 2.16. The van der Waals surface area contributed by atoms with Gasteiger partial charge in [0.25, 0.3) is 5.91 Å². The van der Waals surface area contributed by atoms with Gasteiger partial charge in [-0.05, 0) is 78.4 Å². The Kier molecular flexibility index (Phi) is 5.00. The fourth-order valence-corrected chi connectivity index (χ4v) is 2.08. The normalized spacial score (nSPS) is 11.8. The molecule has 3 nitrogen and oxygen atoms in total. The van der Waals surface area contributed by atoms with Crippen molar-refractivity contribution >= 4 is 34.2 Å². The van der Waals surface area contributed by atoms with Gasteiger partial charge in [0.15, 0.2) is 6.10 Å². The topological polar surface area (TPSA) is 38.3 Å². The van der Waals surface area contributed by atoms with Crippen molar-refractivity contribution in [2.45, 2.75) is 20.0 Å². The van der Waals surface area contributed by atoms with Crippen LogP contribution in [-0.4, -0.2) is 12.0 Å². The van der Waals surface area contributed by atoms with Gasteiger partial charge in [0.1, 0.15) is 5.75 Å². The molecular weight excluding hydrogens is 365 g/mol. The van der Waals surface area contributed by atoms with E-state index in [4.69, 9.17) is 4.74 Å². The van der Waals surface area contributed by atoms with Crippen LogP contribution < -0.4 is 10.1 Å². The van der Waals surface area contributed by atoms with Crippen LogP contribution in [0.4, 0.5) is 5.69 Å². The molecule has 0 bridgehead atoms.